The van der Waals surface area contributed by atoms with Gasteiger partial charge in [0, 0.05) is 25.1 Å². The molecule has 3 rings (SSSR count). The first kappa shape index (κ1) is 13.4. The molecule has 1 N–H and O–H groups in total. The first-order valence-corrected chi connectivity index (χ1v) is 7.42. The predicted octanol–water partition coefficient (Wildman–Crippen LogP) is 2.46. The van der Waals surface area contributed by atoms with Crippen molar-refractivity contribution in [3.8, 4) is 0 Å². The van der Waals surface area contributed by atoms with Crippen molar-refractivity contribution in [3.05, 3.63) is 42.0 Å². The van der Waals surface area contributed by atoms with Crippen LogP contribution in [0.2, 0.25) is 0 Å². The van der Waals surface area contributed by atoms with Crippen LogP contribution in [0, 0.1) is 5.92 Å². The molecule has 1 aromatic carbocycles. The van der Waals surface area contributed by atoms with E-state index in [2.05, 4.69) is 0 Å². The maximum absolute atomic E-state index is 12.2. The number of carbonyl (C=O) groups is 1. The van der Waals surface area contributed by atoms with Crippen molar-refractivity contribution in [2.75, 3.05) is 13.1 Å². The summed E-state index contributed by atoms with van der Waals surface area (Å²) >= 11 is 0. The molecule has 1 aliphatic heterocycles. The first-order valence-electron chi connectivity index (χ1n) is 7.42. The molecular weight excluding hydrogens is 250 g/mol. The fourth-order valence-corrected chi connectivity index (χ4v) is 2.99. The fourth-order valence-electron chi connectivity index (χ4n) is 2.99. The normalized spacial score (nSPS) is 24.9. The van der Waals surface area contributed by atoms with E-state index in [1.165, 1.54) is 0 Å². The van der Waals surface area contributed by atoms with E-state index in [4.69, 9.17) is 0 Å². The Balaban J connectivity index is 1.61. The van der Waals surface area contributed by atoms with Crippen LogP contribution in [0.25, 0.3) is 6.08 Å². The predicted molar refractivity (Wildman–Crippen MR) is 79.0 cm³/mol. The van der Waals surface area contributed by atoms with Gasteiger partial charge in [-0.1, -0.05) is 30.3 Å². The summed E-state index contributed by atoms with van der Waals surface area (Å²) in [5.41, 5.74) is 0.567. The van der Waals surface area contributed by atoms with E-state index >= 15 is 0 Å². The highest BCUT2D eigenvalue weighted by Gasteiger charge is 2.48. The second-order valence-corrected chi connectivity index (χ2v) is 5.97. The van der Waals surface area contributed by atoms with E-state index in [0.717, 1.165) is 37.8 Å². The summed E-state index contributed by atoms with van der Waals surface area (Å²) in [7, 11) is 0. The quantitative estimate of drug-likeness (QED) is 0.858. The number of carbonyl (C=O) groups excluding carboxylic acids is 1. The Morgan fingerprint density at radius 1 is 1.30 bits per heavy atom. The third-order valence-electron chi connectivity index (χ3n) is 4.47. The van der Waals surface area contributed by atoms with Crippen LogP contribution in [-0.4, -0.2) is 34.6 Å². The number of rotatable bonds is 3. The lowest BCUT2D eigenvalue weighted by molar-refractivity contribution is -0.128. The molecule has 3 heteroatoms. The Bertz CT molecular complexity index is 505. The van der Waals surface area contributed by atoms with Crippen molar-refractivity contribution < 1.29 is 9.90 Å². The van der Waals surface area contributed by atoms with E-state index < -0.39 is 5.60 Å². The van der Waals surface area contributed by atoms with Crippen molar-refractivity contribution in [2.24, 2.45) is 5.92 Å². The summed E-state index contributed by atoms with van der Waals surface area (Å²) in [6, 6.07) is 9.85. The lowest BCUT2D eigenvalue weighted by Crippen LogP contribution is -2.43. The van der Waals surface area contributed by atoms with Gasteiger partial charge < -0.3 is 10.0 Å². The number of likely N-dealkylation sites (tertiary alicyclic amines) is 1. The van der Waals surface area contributed by atoms with Gasteiger partial charge in [0.05, 0.1) is 5.60 Å². The summed E-state index contributed by atoms with van der Waals surface area (Å²) < 4.78 is 0. The Kier molecular flexibility index (Phi) is 3.62. The van der Waals surface area contributed by atoms with Crippen LogP contribution >= 0.6 is 0 Å². The van der Waals surface area contributed by atoms with Crippen molar-refractivity contribution in [1.29, 1.82) is 0 Å². The van der Waals surface area contributed by atoms with Crippen LogP contribution < -0.4 is 0 Å². The number of amides is 1. The average molecular weight is 271 g/mol. The Labute approximate surface area is 119 Å². The monoisotopic (exact) mass is 271 g/mol. The van der Waals surface area contributed by atoms with Gasteiger partial charge in [-0.3, -0.25) is 4.79 Å². The van der Waals surface area contributed by atoms with Crippen LogP contribution in [0.1, 0.15) is 31.2 Å². The van der Waals surface area contributed by atoms with Gasteiger partial charge in [-0.15, -0.1) is 0 Å². The zero-order valence-corrected chi connectivity index (χ0v) is 11.7. The second kappa shape index (κ2) is 5.41. The largest absolute Gasteiger partial charge is 0.390 e. The Morgan fingerprint density at radius 2 is 2.05 bits per heavy atom. The molecule has 1 atom stereocenters. The number of benzene rings is 1. The van der Waals surface area contributed by atoms with E-state index in [0.29, 0.717) is 6.54 Å². The van der Waals surface area contributed by atoms with Gasteiger partial charge in [0.1, 0.15) is 0 Å². The molecule has 20 heavy (non-hydrogen) atoms. The highest BCUT2D eigenvalue weighted by Crippen LogP contribution is 2.45. The highest BCUT2D eigenvalue weighted by molar-refractivity contribution is 5.91. The number of hydrogen-bond donors (Lipinski definition) is 1. The molecule has 0 radical (unpaired) electrons. The molecule has 1 amide bonds. The van der Waals surface area contributed by atoms with E-state index in [1.807, 2.05) is 41.3 Å². The first-order chi connectivity index (χ1) is 9.67. The molecule has 2 fully saturated rings. The lowest BCUT2D eigenvalue weighted by atomic mass is 9.90. The zero-order valence-electron chi connectivity index (χ0n) is 11.7. The topological polar surface area (TPSA) is 40.5 Å². The van der Waals surface area contributed by atoms with Crippen molar-refractivity contribution >= 4 is 12.0 Å². The SMILES string of the molecule is O=C(C=Cc1ccccc1)N1CCCC(C2(O)CC2)C1. The number of hydrogen-bond acceptors (Lipinski definition) is 2. The smallest absolute Gasteiger partial charge is 0.246 e. The van der Waals surface area contributed by atoms with E-state index in [9.17, 15) is 9.90 Å². The summed E-state index contributed by atoms with van der Waals surface area (Å²) in [6.07, 6.45) is 7.35. The zero-order chi connectivity index (χ0) is 14.0. The summed E-state index contributed by atoms with van der Waals surface area (Å²) in [5, 5.41) is 10.2. The molecule has 2 aliphatic rings. The third kappa shape index (κ3) is 2.93. The standard InChI is InChI=1S/C17H21NO2/c19-16(9-8-14-5-2-1-3-6-14)18-12-4-7-15(13-18)17(20)10-11-17/h1-3,5-6,8-9,15,20H,4,7,10-13H2. The van der Waals surface area contributed by atoms with Gasteiger partial charge in [0.25, 0.3) is 0 Å². The lowest BCUT2D eigenvalue weighted by Gasteiger charge is -2.34. The number of piperidine rings is 1. The number of nitrogens with zero attached hydrogens (tertiary/aromatic N) is 1. The molecule has 1 saturated carbocycles. The molecule has 1 aromatic rings. The van der Waals surface area contributed by atoms with Gasteiger partial charge in [-0.2, -0.15) is 0 Å². The van der Waals surface area contributed by atoms with Crippen molar-refractivity contribution in [3.63, 3.8) is 0 Å². The van der Waals surface area contributed by atoms with Crippen molar-refractivity contribution in [1.82, 2.24) is 4.90 Å². The van der Waals surface area contributed by atoms with Crippen LogP contribution in [0.3, 0.4) is 0 Å². The maximum Gasteiger partial charge on any atom is 0.246 e. The molecule has 0 aromatic heterocycles. The summed E-state index contributed by atoms with van der Waals surface area (Å²) in [4.78, 5) is 14.1. The van der Waals surface area contributed by atoms with Crippen LogP contribution in [0.5, 0.6) is 0 Å². The van der Waals surface area contributed by atoms with Gasteiger partial charge >= 0.3 is 0 Å². The molecule has 1 heterocycles. The second-order valence-electron chi connectivity index (χ2n) is 5.97. The van der Waals surface area contributed by atoms with Gasteiger partial charge in [-0.25, -0.2) is 0 Å². The molecule has 0 bridgehead atoms. The maximum atomic E-state index is 12.2. The van der Waals surface area contributed by atoms with Gasteiger partial charge in [0.2, 0.25) is 5.91 Å². The third-order valence-corrected chi connectivity index (χ3v) is 4.47. The van der Waals surface area contributed by atoms with Crippen LogP contribution in [0.15, 0.2) is 36.4 Å². The van der Waals surface area contributed by atoms with Crippen LogP contribution in [0.4, 0.5) is 0 Å². The molecule has 106 valence electrons. The average Bonchev–Trinajstić information content (AvgIpc) is 3.25. The summed E-state index contributed by atoms with van der Waals surface area (Å²) in [6.45, 7) is 1.51. The molecule has 0 spiro atoms. The minimum atomic E-state index is -0.470. The van der Waals surface area contributed by atoms with Crippen LogP contribution in [-0.2, 0) is 4.79 Å². The van der Waals surface area contributed by atoms with E-state index in [-0.39, 0.29) is 11.8 Å². The Hall–Kier alpha value is -1.61. The fraction of sp³-hybridized carbons (Fsp3) is 0.471. The molecular formula is C17H21NO2. The highest BCUT2D eigenvalue weighted by atomic mass is 16.3. The van der Waals surface area contributed by atoms with Crippen molar-refractivity contribution in [2.45, 2.75) is 31.3 Å². The van der Waals surface area contributed by atoms with Gasteiger partial charge in [0.15, 0.2) is 0 Å². The van der Waals surface area contributed by atoms with Gasteiger partial charge in [-0.05, 0) is 37.3 Å². The molecule has 1 unspecified atom stereocenters. The molecule has 3 nitrogen and oxygen atoms in total. The molecule has 1 saturated heterocycles. The number of aliphatic hydroxyl groups is 1. The Morgan fingerprint density at radius 3 is 2.75 bits per heavy atom. The van der Waals surface area contributed by atoms with E-state index in [1.54, 1.807) is 6.08 Å². The molecule has 1 aliphatic carbocycles. The minimum absolute atomic E-state index is 0.0582. The minimum Gasteiger partial charge on any atom is -0.390 e. The summed E-state index contributed by atoms with van der Waals surface area (Å²) in [5.74, 6) is 0.327.